The van der Waals surface area contributed by atoms with Crippen LogP contribution in [0.15, 0.2) is 18.5 Å². The maximum atomic E-state index is 6.24. The van der Waals surface area contributed by atoms with Gasteiger partial charge in [0.2, 0.25) is 0 Å². The lowest BCUT2D eigenvalue weighted by atomic mass is 10.2. The molecule has 0 saturated carbocycles. The third kappa shape index (κ3) is 3.24. The summed E-state index contributed by atoms with van der Waals surface area (Å²) in [6.07, 6.45) is 1.51. The number of hydrogen-bond acceptors (Lipinski definition) is 4. The zero-order valence-electron chi connectivity index (χ0n) is 11.3. The van der Waals surface area contributed by atoms with E-state index in [1.54, 1.807) is 11.8 Å². The molecule has 0 atom stereocenters. The van der Waals surface area contributed by atoms with Crippen LogP contribution in [0.3, 0.4) is 0 Å². The highest BCUT2D eigenvalue weighted by Crippen LogP contribution is 2.37. The molecule has 0 aliphatic rings. The van der Waals surface area contributed by atoms with Crippen LogP contribution >= 0.6 is 27.5 Å². The van der Waals surface area contributed by atoms with Gasteiger partial charge in [-0.05, 0) is 24.6 Å². The first-order valence-corrected chi connectivity index (χ1v) is 7.61. The fourth-order valence-electron chi connectivity index (χ4n) is 1.79. The Morgan fingerprint density at radius 2 is 2.20 bits per heavy atom. The number of benzene rings is 1. The number of nitrogens with zero attached hydrogens (tertiary/aromatic N) is 3. The van der Waals surface area contributed by atoms with Crippen molar-refractivity contribution in [2.45, 2.75) is 25.4 Å². The van der Waals surface area contributed by atoms with Crippen molar-refractivity contribution in [3.8, 4) is 11.5 Å². The van der Waals surface area contributed by atoms with E-state index in [1.165, 1.54) is 6.33 Å². The molecular weight excluding hydrogens is 346 g/mol. The van der Waals surface area contributed by atoms with Crippen LogP contribution in [0.25, 0.3) is 0 Å². The summed E-state index contributed by atoms with van der Waals surface area (Å²) in [4.78, 5) is 4.16. The van der Waals surface area contributed by atoms with Crippen LogP contribution in [0.4, 0.5) is 0 Å². The molecule has 0 saturated heterocycles. The Kier molecular flexibility index (Phi) is 5.25. The highest BCUT2D eigenvalue weighted by atomic mass is 79.9. The van der Waals surface area contributed by atoms with Gasteiger partial charge in [0.05, 0.1) is 12.1 Å². The van der Waals surface area contributed by atoms with Crippen LogP contribution in [0, 0.1) is 0 Å². The number of rotatable bonds is 6. The Bertz CT molecular complexity index is 589. The predicted octanol–water partition coefficient (Wildman–Crippen LogP) is 3.43. The lowest BCUT2D eigenvalue weighted by Gasteiger charge is -2.13. The minimum atomic E-state index is 0.289. The summed E-state index contributed by atoms with van der Waals surface area (Å²) in [6, 6.07) is 3.74. The van der Waals surface area contributed by atoms with Crippen LogP contribution in [-0.4, -0.2) is 21.9 Å². The maximum absolute atomic E-state index is 6.24. The van der Waals surface area contributed by atoms with Gasteiger partial charge in [-0.25, -0.2) is 9.67 Å². The summed E-state index contributed by atoms with van der Waals surface area (Å²) < 4.78 is 12.8. The van der Waals surface area contributed by atoms with Gasteiger partial charge >= 0.3 is 0 Å². The molecule has 0 radical (unpaired) electrons. The van der Waals surface area contributed by atoms with Crippen molar-refractivity contribution >= 4 is 27.5 Å². The van der Waals surface area contributed by atoms with Gasteiger partial charge in [-0.1, -0.05) is 27.5 Å². The average molecular weight is 361 g/mol. The third-order valence-corrected chi connectivity index (χ3v) is 3.71. The lowest BCUT2D eigenvalue weighted by Crippen LogP contribution is -2.08. The largest absolute Gasteiger partial charge is 0.493 e. The molecule has 0 fully saturated rings. The van der Waals surface area contributed by atoms with E-state index in [9.17, 15) is 0 Å². The molecule has 0 unspecified atom stereocenters. The molecule has 0 spiro atoms. The lowest BCUT2D eigenvalue weighted by molar-refractivity contribution is 0.270. The normalized spacial score (nSPS) is 10.6. The summed E-state index contributed by atoms with van der Waals surface area (Å²) in [5, 5.41) is 5.31. The van der Waals surface area contributed by atoms with Crippen LogP contribution in [0.5, 0.6) is 11.5 Å². The molecule has 2 rings (SSSR count). The van der Waals surface area contributed by atoms with Crippen LogP contribution in [-0.2, 0) is 18.5 Å². The van der Waals surface area contributed by atoms with E-state index in [4.69, 9.17) is 21.1 Å². The van der Waals surface area contributed by atoms with E-state index in [2.05, 4.69) is 26.0 Å². The number of hydrogen-bond donors (Lipinski definition) is 0. The second-order valence-corrected chi connectivity index (χ2v) is 4.99. The van der Waals surface area contributed by atoms with Crippen molar-refractivity contribution in [1.29, 1.82) is 0 Å². The average Bonchev–Trinajstić information content (AvgIpc) is 2.92. The van der Waals surface area contributed by atoms with Crippen molar-refractivity contribution in [2.24, 2.45) is 0 Å². The Balaban J connectivity index is 2.21. The second kappa shape index (κ2) is 6.95. The van der Waals surface area contributed by atoms with Gasteiger partial charge in [-0.15, -0.1) is 0 Å². The van der Waals surface area contributed by atoms with Crippen LogP contribution in [0.2, 0.25) is 5.02 Å². The Morgan fingerprint density at radius 3 is 2.85 bits per heavy atom. The number of aromatic nitrogens is 3. The van der Waals surface area contributed by atoms with E-state index in [-0.39, 0.29) is 6.61 Å². The SMILES string of the molecule is CCn1ncnc1COc1c(Cl)cc(CBr)cc1OC. The summed E-state index contributed by atoms with van der Waals surface area (Å²) in [6.45, 7) is 3.03. The standard InChI is InChI=1S/C13H15BrClN3O2/c1-3-18-12(16-8-17-18)7-20-13-10(15)4-9(6-14)5-11(13)19-2/h4-5,8H,3,6-7H2,1-2H3. The Hall–Kier alpha value is -1.27. The molecule has 1 aromatic heterocycles. The highest BCUT2D eigenvalue weighted by molar-refractivity contribution is 9.08. The molecular formula is C13H15BrClN3O2. The molecule has 0 bridgehead atoms. The van der Waals surface area contributed by atoms with Crippen molar-refractivity contribution in [3.63, 3.8) is 0 Å². The minimum Gasteiger partial charge on any atom is -0.493 e. The summed E-state index contributed by atoms with van der Waals surface area (Å²) >= 11 is 9.63. The molecule has 2 aromatic rings. The van der Waals surface area contributed by atoms with E-state index < -0.39 is 0 Å². The maximum Gasteiger partial charge on any atom is 0.180 e. The monoisotopic (exact) mass is 359 g/mol. The van der Waals surface area contributed by atoms with E-state index in [0.717, 1.165) is 17.9 Å². The number of alkyl halides is 1. The summed E-state index contributed by atoms with van der Waals surface area (Å²) in [5.74, 6) is 1.87. The van der Waals surface area contributed by atoms with Crippen molar-refractivity contribution < 1.29 is 9.47 Å². The Labute approximate surface area is 131 Å². The van der Waals surface area contributed by atoms with Gasteiger partial charge < -0.3 is 9.47 Å². The number of ether oxygens (including phenoxy) is 2. The highest BCUT2D eigenvalue weighted by Gasteiger charge is 2.13. The van der Waals surface area contributed by atoms with Crippen LogP contribution < -0.4 is 9.47 Å². The van der Waals surface area contributed by atoms with Crippen molar-refractivity contribution in [2.75, 3.05) is 7.11 Å². The zero-order valence-corrected chi connectivity index (χ0v) is 13.6. The van der Waals surface area contributed by atoms with Crippen LogP contribution in [0.1, 0.15) is 18.3 Å². The quantitative estimate of drug-likeness (QED) is 0.741. The first-order chi connectivity index (χ1) is 9.69. The molecule has 0 amide bonds. The number of aryl methyl sites for hydroxylation is 1. The second-order valence-electron chi connectivity index (χ2n) is 4.02. The van der Waals surface area contributed by atoms with Gasteiger partial charge in [0.15, 0.2) is 17.3 Å². The fourth-order valence-corrected chi connectivity index (χ4v) is 2.40. The molecule has 20 heavy (non-hydrogen) atoms. The predicted molar refractivity (Wildman–Crippen MR) is 80.7 cm³/mol. The van der Waals surface area contributed by atoms with Gasteiger partial charge in [0.1, 0.15) is 12.9 Å². The molecule has 1 aromatic carbocycles. The first kappa shape index (κ1) is 15.1. The smallest absolute Gasteiger partial charge is 0.180 e. The summed E-state index contributed by atoms with van der Waals surface area (Å²) in [5.41, 5.74) is 1.02. The summed E-state index contributed by atoms with van der Waals surface area (Å²) in [7, 11) is 1.59. The number of halogens is 2. The van der Waals surface area contributed by atoms with Gasteiger partial charge in [0.25, 0.3) is 0 Å². The third-order valence-electron chi connectivity index (χ3n) is 2.78. The van der Waals surface area contributed by atoms with E-state index in [1.807, 2.05) is 19.1 Å². The van der Waals surface area contributed by atoms with Crippen molar-refractivity contribution in [3.05, 3.63) is 34.9 Å². The minimum absolute atomic E-state index is 0.289. The fraction of sp³-hybridized carbons (Fsp3) is 0.385. The molecule has 1 heterocycles. The van der Waals surface area contributed by atoms with Gasteiger partial charge in [-0.3, -0.25) is 0 Å². The zero-order chi connectivity index (χ0) is 14.5. The van der Waals surface area contributed by atoms with Gasteiger partial charge in [0, 0.05) is 11.9 Å². The molecule has 0 N–H and O–H groups in total. The topological polar surface area (TPSA) is 49.2 Å². The molecule has 5 nitrogen and oxygen atoms in total. The van der Waals surface area contributed by atoms with E-state index in [0.29, 0.717) is 21.9 Å². The van der Waals surface area contributed by atoms with Crippen molar-refractivity contribution in [1.82, 2.24) is 14.8 Å². The van der Waals surface area contributed by atoms with E-state index >= 15 is 0 Å². The molecule has 108 valence electrons. The molecule has 0 aliphatic carbocycles. The first-order valence-electron chi connectivity index (χ1n) is 6.11. The van der Waals surface area contributed by atoms with Gasteiger partial charge in [-0.2, -0.15) is 5.10 Å². The molecule has 7 heteroatoms. The number of methoxy groups -OCH3 is 1. The molecule has 0 aliphatic heterocycles. The Morgan fingerprint density at radius 1 is 1.40 bits per heavy atom.